The molecule has 0 atom stereocenters. The van der Waals surface area contributed by atoms with E-state index >= 15 is 0 Å². The number of benzene rings is 4. The van der Waals surface area contributed by atoms with Crippen LogP contribution in [0.3, 0.4) is 0 Å². The van der Waals surface area contributed by atoms with Gasteiger partial charge in [0.15, 0.2) is 0 Å². The standard InChI is InChI=1S/2C16H13.C3H6.2ClH.Ti/c2*1-12-10-14-8-5-9-15(16(14)11-12)13-6-3-2-4-7-13;1-3-2;;;/h2*2-11H,1H3;1-2H3;2*1H;/q2*-1;;;;+2/p-2. The van der Waals surface area contributed by atoms with Gasteiger partial charge in [-0.3, -0.25) is 0 Å². The molecule has 0 N–H and O–H groups in total. The molecule has 0 bridgehead atoms. The largest absolute Gasteiger partial charge is 0.165 e. The molecule has 0 aliphatic heterocycles. The third kappa shape index (κ3) is 7.22. The van der Waals surface area contributed by atoms with Crippen molar-refractivity contribution in [3.8, 4) is 22.3 Å². The number of aryl methyl sites for hydroxylation is 2. The predicted octanol–water partition coefficient (Wildman–Crippen LogP) is 11.2. The van der Waals surface area contributed by atoms with Gasteiger partial charge in [0.1, 0.15) is 0 Å². The van der Waals surface area contributed by atoms with E-state index in [0.717, 1.165) is 0 Å². The molecular formula is C35H32Cl2Ti-2. The molecule has 0 spiro atoms. The fourth-order valence-electron chi connectivity index (χ4n) is 4.51. The van der Waals surface area contributed by atoms with Gasteiger partial charge in [0, 0.05) is 0 Å². The maximum Gasteiger partial charge on any atom is -0.0279 e. The Hall–Kier alpha value is -2.74. The van der Waals surface area contributed by atoms with Gasteiger partial charge in [-0.15, -0.1) is 69.1 Å². The van der Waals surface area contributed by atoms with Crippen molar-refractivity contribution in [3.05, 3.63) is 132 Å². The van der Waals surface area contributed by atoms with E-state index in [0.29, 0.717) is 0 Å². The van der Waals surface area contributed by atoms with E-state index < -0.39 is 15.3 Å². The van der Waals surface area contributed by atoms with Crippen molar-refractivity contribution in [2.75, 3.05) is 0 Å². The molecule has 0 nitrogen and oxygen atoms in total. The number of halogens is 2. The fraction of sp³-hybridized carbons (Fsp3) is 0.114. The first-order chi connectivity index (χ1) is 18.3. The molecule has 0 saturated carbocycles. The van der Waals surface area contributed by atoms with Gasteiger partial charge in [-0.05, 0) is 11.1 Å². The van der Waals surface area contributed by atoms with E-state index in [1.807, 2.05) is 13.8 Å². The second-order valence-electron chi connectivity index (χ2n) is 9.67. The molecule has 3 heteroatoms. The zero-order chi connectivity index (χ0) is 27.1. The predicted molar refractivity (Wildman–Crippen MR) is 167 cm³/mol. The first kappa shape index (κ1) is 28.3. The summed E-state index contributed by atoms with van der Waals surface area (Å²) in [5.74, 6) is 0. The molecule has 0 aromatic heterocycles. The number of rotatable bonds is 2. The van der Waals surface area contributed by atoms with Crippen molar-refractivity contribution < 1.29 is 15.3 Å². The minimum Gasteiger partial charge on any atom is -0.165 e. The van der Waals surface area contributed by atoms with Crippen molar-refractivity contribution >= 4 is 44.0 Å². The molecule has 6 aromatic carbocycles. The molecule has 0 aliphatic rings. The topological polar surface area (TPSA) is 0 Å². The van der Waals surface area contributed by atoms with Crippen LogP contribution < -0.4 is 0 Å². The normalized spacial score (nSPS) is 10.4. The van der Waals surface area contributed by atoms with Crippen molar-refractivity contribution in [3.63, 3.8) is 0 Å². The van der Waals surface area contributed by atoms with Gasteiger partial charge in [0.2, 0.25) is 0 Å². The second kappa shape index (κ2) is 13.4. The quantitative estimate of drug-likeness (QED) is 0.143. The van der Waals surface area contributed by atoms with Gasteiger partial charge in [-0.2, -0.15) is 12.1 Å². The van der Waals surface area contributed by atoms with Crippen LogP contribution in [0.5, 0.6) is 0 Å². The summed E-state index contributed by atoms with van der Waals surface area (Å²) >= 11 is -1.60. The third-order valence-corrected chi connectivity index (χ3v) is 10.6. The smallest absolute Gasteiger partial charge is 0.0279 e. The zero-order valence-electron chi connectivity index (χ0n) is 22.3. The van der Waals surface area contributed by atoms with E-state index in [1.54, 1.807) is 0 Å². The maximum atomic E-state index is 5.51. The summed E-state index contributed by atoms with van der Waals surface area (Å²) in [5, 5.41) is 5.37. The first-order valence-corrected chi connectivity index (χ1v) is 17.8. The van der Waals surface area contributed by atoms with E-state index in [1.165, 1.54) is 58.7 Å². The summed E-state index contributed by atoms with van der Waals surface area (Å²) in [5.41, 5.74) is 7.89. The summed E-state index contributed by atoms with van der Waals surface area (Å²) in [6.45, 7) is 8.23. The van der Waals surface area contributed by atoms with Crippen LogP contribution in [-0.2, 0) is 15.3 Å². The minimum atomic E-state index is -1.60. The molecule has 6 rings (SSSR count). The Morgan fingerprint density at radius 3 is 1.26 bits per heavy atom. The molecule has 0 amide bonds. The average molecular weight is 571 g/mol. The number of fused-ring (bicyclic) bond motifs is 2. The third-order valence-electron chi connectivity index (χ3n) is 6.34. The average Bonchev–Trinajstić information content (AvgIpc) is 3.50. The molecule has 38 heavy (non-hydrogen) atoms. The first-order valence-electron chi connectivity index (χ1n) is 12.7. The Balaban J connectivity index is 0.000000147. The van der Waals surface area contributed by atoms with Crippen LogP contribution in [0.1, 0.15) is 25.0 Å². The Bertz CT molecular complexity index is 1520. The van der Waals surface area contributed by atoms with E-state index in [2.05, 4.69) is 135 Å². The summed E-state index contributed by atoms with van der Waals surface area (Å²) in [6, 6.07) is 43.1. The SMILES string of the molecule is C[C](C)=[Ti]([Cl])[Cl].Cc1cc2c(-c3ccccc3)cccc2[cH-]1.Cc1cc2c(-c3ccccc3)cccc2[cH-]1. The molecule has 0 heterocycles. The molecule has 0 aliphatic carbocycles. The molecular weight excluding hydrogens is 539 g/mol. The monoisotopic (exact) mass is 570 g/mol. The van der Waals surface area contributed by atoms with Gasteiger partial charge in [0.25, 0.3) is 0 Å². The van der Waals surface area contributed by atoms with E-state index in [9.17, 15) is 0 Å². The Morgan fingerprint density at radius 2 is 0.921 bits per heavy atom. The maximum absolute atomic E-state index is 5.51. The Kier molecular flexibility index (Phi) is 9.94. The van der Waals surface area contributed by atoms with Crippen molar-refractivity contribution in [2.24, 2.45) is 0 Å². The van der Waals surface area contributed by atoms with Crippen LogP contribution in [0, 0.1) is 13.8 Å². The summed E-state index contributed by atoms with van der Waals surface area (Å²) < 4.78 is 1.21. The molecule has 0 saturated heterocycles. The summed E-state index contributed by atoms with van der Waals surface area (Å²) in [6.07, 6.45) is 0. The van der Waals surface area contributed by atoms with Crippen molar-refractivity contribution in [1.29, 1.82) is 0 Å². The van der Waals surface area contributed by atoms with E-state index in [-0.39, 0.29) is 0 Å². The second-order valence-corrected chi connectivity index (χ2v) is 16.0. The van der Waals surface area contributed by atoms with Crippen LogP contribution >= 0.6 is 18.6 Å². The number of hydrogen-bond donors (Lipinski definition) is 0. The summed E-state index contributed by atoms with van der Waals surface area (Å²) in [7, 11) is 11.0. The van der Waals surface area contributed by atoms with E-state index in [4.69, 9.17) is 18.6 Å². The van der Waals surface area contributed by atoms with Crippen LogP contribution in [0.15, 0.2) is 121 Å². The minimum absolute atomic E-state index is 1.21. The van der Waals surface area contributed by atoms with Crippen LogP contribution in [-0.4, -0.2) is 3.81 Å². The fourth-order valence-corrected chi connectivity index (χ4v) is 4.51. The van der Waals surface area contributed by atoms with Crippen LogP contribution in [0.25, 0.3) is 43.8 Å². The Morgan fingerprint density at radius 1 is 0.553 bits per heavy atom. The molecule has 192 valence electrons. The van der Waals surface area contributed by atoms with Crippen molar-refractivity contribution in [2.45, 2.75) is 27.7 Å². The summed E-state index contributed by atoms with van der Waals surface area (Å²) in [4.78, 5) is 0. The van der Waals surface area contributed by atoms with Crippen LogP contribution in [0.4, 0.5) is 0 Å². The van der Waals surface area contributed by atoms with Gasteiger partial charge in [-0.25, -0.2) is 0 Å². The Labute approximate surface area is 240 Å². The molecule has 6 aromatic rings. The molecule has 0 unspecified atom stereocenters. The van der Waals surface area contributed by atoms with Gasteiger partial charge in [0.05, 0.1) is 0 Å². The molecule has 0 fully saturated rings. The zero-order valence-corrected chi connectivity index (χ0v) is 25.4. The van der Waals surface area contributed by atoms with Crippen molar-refractivity contribution in [1.82, 2.24) is 0 Å². The van der Waals surface area contributed by atoms with Gasteiger partial charge in [-0.1, -0.05) is 97.8 Å². The van der Waals surface area contributed by atoms with Crippen LogP contribution in [0.2, 0.25) is 0 Å². The van der Waals surface area contributed by atoms with Gasteiger partial charge < -0.3 is 0 Å². The van der Waals surface area contributed by atoms with Gasteiger partial charge >= 0.3 is 51.6 Å². The number of hydrogen-bond acceptors (Lipinski definition) is 0. The molecule has 0 radical (unpaired) electrons.